The molecule has 150 valence electrons. The summed E-state index contributed by atoms with van der Waals surface area (Å²) >= 11 is 0. The van der Waals surface area contributed by atoms with Crippen LogP contribution in [0.1, 0.15) is 12.5 Å². The highest BCUT2D eigenvalue weighted by molar-refractivity contribution is 5.99. The molecule has 0 aliphatic carbocycles. The van der Waals surface area contributed by atoms with Gasteiger partial charge < -0.3 is 24.4 Å². The first-order valence-corrected chi connectivity index (χ1v) is 8.66. The van der Waals surface area contributed by atoms with Crippen molar-refractivity contribution < 1.29 is 24.2 Å². The summed E-state index contributed by atoms with van der Waals surface area (Å²) in [6.07, 6.45) is 0. The number of nitrogens with one attached hydrogen (secondary N) is 1. The molecule has 0 radical (unpaired) electrons. The van der Waals surface area contributed by atoms with Crippen molar-refractivity contribution in [2.24, 2.45) is 15.4 Å². The minimum atomic E-state index is -0.640. The van der Waals surface area contributed by atoms with Gasteiger partial charge in [-0.1, -0.05) is 23.4 Å². The molecule has 3 rings (SSSR count). The topological polar surface area (TPSA) is 118 Å². The van der Waals surface area contributed by atoms with E-state index in [9.17, 15) is 9.90 Å². The lowest BCUT2D eigenvalue weighted by atomic mass is 10.1. The van der Waals surface area contributed by atoms with Crippen molar-refractivity contribution in [1.29, 1.82) is 0 Å². The summed E-state index contributed by atoms with van der Waals surface area (Å²) in [6, 6.07) is 12.5. The van der Waals surface area contributed by atoms with Crippen molar-refractivity contribution in [2.45, 2.75) is 6.92 Å². The molecule has 0 spiro atoms. The van der Waals surface area contributed by atoms with Gasteiger partial charge in [0.1, 0.15) is 0 Å². The summed E-state index contributed by atoms with van der Waals surface area (Å²) < 4.78 is 10.4. The lowest BCUT2D eigenvalue weighted by Crippen LogP contribution is -2.04. The van der Waals surface area contributed by atoms with Crippen LogP contribution in [0.25, 0.3) is 10.9 Å². The van der Waals surface area contributed by atoms with Gasteiger partial charge in [0.2, 0.25) is 5.88 Å². The number of nitrogens with zero attached hydrogens (tertiary/aromatic N) is 3. The number of hydrogen-bond donors (Lipinski definition) is 2. The number of carbonyl (C=O) groups excluding carboxylic acids is 1. The quantitative estimate of drug-likeness (QED) is 0.356. The molecule has 9 nitrogen and oxygen atoms in total. The lowest BCUT2D eigenvalue weighted by molar-refractivity contribution is -0.122. The van der Waals surface area contributed by atoms with E-state index in [4.69, 9.17) is 14.3 Å². The Morgan fingerprint density at radius 2 is 1.86 bits per heavy atom. The first-order chi connectivity index (χ1) is 14.0. The Balaban J connectivity index is 1.63. The molecule has 0 fully saturated rings. The van der Waals surface area contributed by atoms with E-state index in [1.807, 2.05) is 6.07 Å². The molecule has 0 unspecified atom stereocenters. The monoisotopic (exact) mass is 396 g/mol. The predicted molar refractivity (Wildman–Crippen MR) is 107 cm³/mol. The molecule has 1 heterocycles. The number of amides is 1. The van der Waals surface area contributed by atoms with Gasteiger partial charge in [-0.05, 0) is 31.2 Å². The van der Waals surface area contributed by atoms with Crippen molar-refractivity contribution >= 4 is 28.2 Å². The predicted octanol–water partition coefficient (Wildman–Crippen LogP) is 3.94. The van der Waals surface area contributed by atoms with E-state index < -0.39 is 12.5 Å². The maximum atomic E-state index is 11.9. The zero-order valence-corrected chi connectivity index (χ0v) is 16.2. The van der Waals surface area contributed by atoms with E-state index in [1.54, 1.807) is 57.5 Å². The number of carbonyl (C=O) groups is 1. The third-order valence-electron chi connectivity index (χ3n) is 4.11. The Morgan fingerprint density at radius 1 is 1.10 bits per heavy atom. The second-order valence-corrected chi connectivity index (χ2v) is 5.98. The molecule has 9 heteroatoms. The molecule has 1 aromatic heterocycles. The summed E-state index contributed by atoms with van der Waals surface area (Å²) in [7, 11) is 3.09. The van der Waals surface area contributed by atoms with Crippen LogP contribution in [0.15, 0.2) is 57.8 Å². The highest BCUT2D eigenvalue weighted by atomic mass is 16.6. The van der Waals surface area contributed by atoms with Crippen LogP contribution >= 0.6 is 0 Å². The van der Waals surface area contributed by atoms with Gasteiger partial charge >= 0.3 is 5.91 Å². The molecule has 0 aliphatic heterocycles. The molecule has 3 aromatic rings. The fraction of sp³-hybridized carbons (Fsp3) is 0.200. The number of methoxy groups -OCH3 is 2. The molecule has 2 aromatic carbocycles. The maximum absolute atomic E-state index is 11.9. The number of fused-ring (bicyclic) bond motifs is 1. The minimum absolute atomic E-state index is 0.161. The Hall–Kier alpha value is -3.88. The molecule has 0 aliphatic rings. The van der Waals surface area contributed by atoms with Crippen molar-refractivity contribution in [2.75, 3.05) is 20.8 Å². The van der Waals surface area contributed by atoms with Gasteiger partial charge in [0.15, 0.2) is 23.8 Å². The van der Waals surface area contributed by atoms with Crippen molar-refractivity contribution in [3.05, 3.63) is 48.0 Å². The SMILES string of the molecule is COc1ccc(C(C)=NOCC(=O)N=Nc2c(O)[nH]c3ccccc23)cc1OC. The average molecular weight is 396 g/mol. The van der Waals surface area contributed by atoms with Gasteiger partial charge in [0.25, 0.3) is 0 Å². The smallest absolute Gasteiger partial charge is 0.304 e. The van der Waals surface area contributed by atoms with Crippen LogP contribution in [-0.4, -0.2) is 42.5 Å². The number of benzene rings is 2. The molecule has 0 atom stereocenters. The largest absolute Gasteiger partial charge is 0.493 e. The number of para-hydroxylation sites is 1. The summed E-state index contributed by atoms with van der Waals surface area (Å²) in [4.78, 5) is 19.7. The third-order valence-corrected chi connectivity index (χ3v) is 4.11. The zero-order valence-electron chi connectivity index (χ0n) is 16.2. The van der Waals surface area contributed by atoms with Crippen LogP contribution in [0.5, 0.6) is 17.4 Å². The Labute approximate surface area is 166 Å². The highest BCUT2D eigenvalue weighted by Crippen LogP contribution is 2.35. The van der Waals surface area contributed by atoms with E-state index >= 15 is 0 Å². The average Bonchev–Trinajstić information content (AvgIpc) is 3.06. The van der Waals surface area contributed by atoms with E-state index in [-0.39, 0.29) is 11.6 Å². The first kappa shape index (κ1) is 19.9. The van der Waals surface area contributed by atoms with Gasteiger partial charge in [-0.3, -0.25) is 4.79 Å². The Bertz CT molecular complexity index is 1090. The molecule has 0 saturated heterocycles. The van der Waals surface area contributed by atoms with Gasteiger partial charge in [-0.2, -0.15) is 0 Å². The number of oxime groups is 1. The summed E-state index contributed by atoms with van der Waals surface area (Å²) in [6.45, 7) is 1.34. The number of rotatable bonds is 7. The van der Waals surface area contributed by atoms with Crippen LogP contribution in [0.4, 0.5) is 5.69 Å². The zero-order chi connectivity index (χ0) is 20.8. The van der Waals surface area contributed by atoms with Crippen LogP contribution < -0.4 is 9.47 Å². The van der Waals surface area contributed by atoms with Crippen molar-refractivity contribution in [3.63, 3.8) is 0 Å². The van der Waals surface area contributed by atoms with Crippen LogP contribution in [0.2, 0.25) is 0 Å². The highest BCUT2D eigenvalue weighted by Gasteiger charge is 2.11. The van der Waals surface area contributed by atoms with E-state index in [1.165, 1.54) is 0 Å². The number of aromatic hydroxyl groups is 1. The van der Waals surface area contributed by atoms with Gasteiger partial charge in [0.05, 0.1) is 25.4 Å². The van der Waals surface area contributed by atoms with Crippen LogP contribution in [-0.2, 0) is 9.63 Å². The Kier molecular flexibility index (Phi) is 6.08. The molecular formula is C20H20N4O5. The second-order valence-electron chi connectivity index (χ2n) is 5.98. The lowest BCUT2D eigenvalue weighted by Gasteiger charge is -2.09. The summed E-state index contributed by atoms with van der Waals surface area (Å²) in [5.74, 6) is 0.355. The van der Waals surface area contributed by atoms with Gasteiger partial charge in [-0.15, -0.1) is 10.2 Å². The fourth-order valence-electron chi connectivity index (χ4n) is 2.65. The maximum Gasteiger partial charge on any atom is 0.304 e. The third kappa shape index (κ3) is 4.52. The summed E-state index contributed by atoms with van der Waals surface area (Å²) in [5.41, 5.74) is 2.18. The van der Waals surface area contributed by atoms with E-state index in [0.29, 0.717) is 28.1 Å². The van der Waals surface area contributed by atoms with Crippen molar-refractivity contribution in [1.82, 2.24) is 4.98 Å². The van der Waals surface area contributed by atoms with E-state index in [0.717, 1.165) is 5.56 Å². The number of H-pyrrole nitrogens is 1. The number of hydrogen-bond acceptors (Lipinski definition) is 7. The minimum Gasteiger partial charge on any atom is -0.493 e. The van der Waals surface area contributed by atoms with Crippen LogP contribution in [0.3, 0.4) is 0 Å². The molecular weight excluding hydrogens is 376 g/mol. The fourth-order valence-corrected chi connectivity index (χ4v) is 2.65. The first-order valence-electron chi connectivity index (χ1n) is 8.66. The van der Waals surface area contributed by atoms with Crippen molar-refractivity contribution in [3.8, 4) is 17.4 Å². The molecule has 0 bridgehead atoms. The molecule has 0 saturated carbocycles. The molecule has 29 heavy (non-hydrogen) atoms. The standard InChI is InChI=1S/C20H20N4O5/c1-12(13-8-9-16(27-2)17(10-13)28-3)24-29-11-18(25)22-23-19-14-6-4-5-7-15(14)21-20(19)26/h4-10,21,26H,11H2,1-3H3. The van der Waals surface area contributed by atoms with E-state index in [2.05, 4.69) is 20.4 Å². The Morgan fingerprint density at radius 3 is 2.62 bits per heavy atom. The number of azo groups is 1. The number of aromatic amines is 1. The molecule has 1 amide bonds. The van der Waals surface area contributed by atoms with Gasteiger partial charge in [-0.25, -0.2) is 0 Å². The van der Waals surface area contributed by atoms with Crippen LogP contribution in [0, 0.1) is 0 Å². The number of aromatic nitrogens is 1. The second kappa shape index (κ2) is 8.87. The normalized spacial score (nSPS) is 11.8. The molecule has 2 N–H and O–H groups in total. The number of ether oxygens (including phenoxy) is 2. The van der Waals surface area contributed by atoms with Gasteiger partial charge in [0, 0.05) is 10.9 Å². The summed E-state index contributed by atoms with van der Waals surface area (Å²) in [5, 5.41) is 21.9.